The predicted octanol–water partition coefficient (Wildman–Crippen LogP) is 1.10. The van der Waals surface area contributed by atoms with Gasteiger partial charge in [-0.15, -0.1) is 0 Å². The van der Waals surface area contributed by atoms with Crippen LogP contribution in [0.1, 0.15) is 27.7 Å². The molecule has 0 aliphatic rings. The van der Waals surface area contributed by atoms with Gasteiger partial charge in [-0.2, -0.15) is 0 Å². The highest BCUT2D eigenvalue weighted by molar-refractivity contribution is 5.75. The third-order valence-electron chi connectivity index (χ3n) is 1.06. The summed E-state index contributed by atoms with van der Waals surface area (Å²) < 4.78 is 4.78. The first-order valence-electron chi connectivity index (χ1n) is 3.82. The molecule has 0 atom stereocenters. The smallest absolute Gasteiger partial charge is 0.408 e. The summed E-state index contributed by atoms with van der Waals surface area (Å²) in [6.07, 6.45) is -0.0799. The Hall–Kier alpha value is -1.06. The largest absolute Gasteiger partial charge is 0.447 e. The highest BCUT2D eigenvalue weighted by Gasteiger charge is 2.20. The van der Waals surface area contributed by atoms with Gasteiger partial charge in [-0.3, -0.25) is 0 Å². The maximum Gasteiger partial charge on any atom is 0.408 e. The lowest BCUT2D eigenvalue weighted by molar-refractivity contribution is -0.112. The van der Waals surface area contributed by atoms with Crippen LogP contribution in [-0.4, -0.2) is 24.0 Å². The van der Waals surface area contributed by atoms with E-state index in [1.165, 1.54) is 0 Å². The second-order valence-corrected chi connectivity index (χ2v) is 3.42. The van der Waals surface area contributed by atoms with Crippen molar-refractivity contribution in [2.24, 2.45) is 0 Å². The Kier molecular flexibility index (Phi) is 3.73. The monoisotopic (exact) mass is 173 g/mol. The summed E-state index contributed by atoms with van der Waals surface area (Å²) in [4.78, 5) is 21.3. The number of hydrogen-bond donors (Lipinski definition) is 1. The van der Waals surface area contributed by atoms with Crippen molar-refractivity contribution >= 4 is 12.4 Å². The number of carbonyl (C=O) groups excluding carboxylic acids is 2. The van der Waals surface area contributed by atoms with Crippen LogP contribution in [-0.2, 0) is 9.53 Å². The zero-order valence-electron chi connectivity index (χ0n) is 7.88. The summed E-state index contributed by atoms with van der Waals surface area (Å²) in [7, 11) is 0. The summed E-state index contributed by atoms with van der Waals surface area (Å²) >= 11 is 0. The molecule has 70 valence electrons. The summed E-state index contributed by atoms with van der Waals surface area (Å²) in [5.41, 5.74) is -0.855. The molecule has 0 heterocycles. The van der Waals surface area contributed by atoms with Crippen LogP contribution >= 0.6 is 0 Å². The van der Waals surface area contributed by atoms with E-state index in [9.17, 15) is 9.59 Å². The fraction of sp³-hybridized carbons (Fsp3) is 0.750. The van der Waals surface area contributed by atoms with E-state index in [1.807, 2.05) is 0 Å². The van der Waals surface area contributed by atoms with Crippen LogP contribution in [0.25, 0.3) is 0 Å². The molecule has 0 aliphatic carbocycles. The highest BCUT2D eigenvalue weighted by atomic mass is 16.6. The Bertz CT molecular complexity index is 175. The number of rotatable bonds is 3. The van der Waals surface area contributed by atoms with Gasteiger partial charge in [-0.1, -0.05) is 0 Å². The second kappa shape index (κ2) is 4.09. The molecular formula is C8H15NO3. The topological polar surface area (TPSA) is 55.4 Å². The van der Waals surface area contributed by atoms with Crippen molar-refractivity contribution in [1.29, 1.82) is 0 Å². The molecule has 0 fully saturated rings. The minimum absolute atomic E-state index is 0.174. The average molecular weight is 173 g/mol. The summed E-state index contributed by atoms with van der Waals surface area (Å²) in [5, 5.41) is 2.41. The van der Waals surface area contributed by atoms with Crippen LogP contribution in [0.4, 0.5) is 4.79 Å². The van der Waals surface area contributed by atoms with E-state index in [0.29, 0.717) is 6.29 Å². The van der Waals surface area contributed by atoms with E-state index in [-0.39, 0.29) is 6.10 Å². The molecule has 12 heavy (non-hydrogen) atoms. The summed E-state index contributed by atoms with van der Waals surface area (Å²) in [6.45, 7) is 6.68. The van der Waals surface area contributed by atoms with Crippen LogP contribution in [0.3, 0.4) is 0 Å². The first-order valence-corrected chi connectivity index (χ1v) is 3.82. The SMILES string of the molecule is CC(C)OC(=O)NC(C)(C)C=O. The molecule has 0 aromatic heterocycles. The second-order valence-electron chi connectivity index (χ2n) is 3.42. The Morgan fingerprint density at radius 1 is 1.50 bits per heavy atom. The Morgan fingerprint density at radius 3 is 2.33 bits per heavy atom. The third-order valence-corrected chi connectivity index (χ3v) is 1.06. The van der Waals surface area contributed by atoms with Crippen molar-refractivity contribution < 1.29 is 14.3 Å². The van der Waals surface area contributed by atoms with E-state index in [2.05, 4.69) is 5.32 Å². The Morgan fingerprint density at radius 2 is 2.00 bits per heavy atom. The normalized spacial score (nSPS) is 11.1. The molecular weight excluding hydrogens is 158 g/mol. The fourth-order valence-corrected chi connectivity index (χ4v) is 0.536. The number of alkyl carbamates (subject to hydrolysis) is 1. The predicted molar refractivity (Wildman–Crippen MR) is 44.9 cm³/mol. The lowest BCUT2D eigenvalue weighted by Gasteiger charge is -2.19. The Balaban J connectivity index is 3.92. The summed E-state index contributed by atoms with van der Waals surface area (Å²) in [5.74, 6) is 0. The van der Waals surface area contributed by atoms with Crippen molar-refractivity contribution in [2.45, 2.75) is 39.3 Å². The molecule has 0 radical (unpaired) electrons. The first kappa shape index (κ1) is 10.9. The zero-order valence-corrected chi connectivity index (χ0v) is 7.88. The van der Waals surface area contributed by atoms with Crippen molar-refractivity contribution in [1.82, 2.24) is 5.32 Å². The van der Waals surface area contributed by atoms with Gasteiger partial charge in [0.05, 0.1) is 11.6 Å². The van der Waals surface area contributed by atoms with Gasteiger partial charge in [0.2, 0.25) is 0 Å². The van der Waals surface area contributed by atoms with Crippen LogP contribution in [0.2, 0.25) is 0 Å². The van der Waals surface area contributed by atoms with Crippen molar-refractivity contribution in [3.8, 4) is 0 Å². The number of amides is 1. The van der Waals surface area contributed by atoms with Gasteiger partial charge in [-0.05, 0) is 27.7 Å². The van der Waals surface area contributed by atoms with Gasteiger partial charge in [0.1, 0.15) is 6.29 Å². The Labute approximate surface area is 72.3 Å². The van der Waals surface area contributed by atoms with Gasteiger partial charge in [0.25, 0.3) is 0 Å². The van der Waals surface area contributed by atoms with E-state index >= 15 is 0 Å². The molecule has 0 rings (SSSR count). The van der Waals surface area contributed by atoms with Gasteiger partial charge in [0.15, 0.2) is 0 Å². The van der Waals surface area contributed by atoms with E-state index in [4.69, 9.17) is 4.74 Å². The molecule has 0 unspecified atom stereocenters. The standard InChI is InChI=1S/C8H15NO3/c1-6(2)12-7(11)9-8(3,4)5-10/h5-6H,1-4H3,(H,9,11). The van der Waals surface area contributed by atoms with Gasteiger partial charge >= 0.3 is 6.09 Å². The fourth-order valence-electron chi connectivity index (χ4n) is 0.536. The molecule has 0 aromatic rings. The minimum Gasteiger partial charge on any atom is -0.447 e. The first-order chi connectivity index (χ1) is 5.37. The molecule has 0 spiro atoms. The number of ether oxygens (including phenoxy) is 1. The number of nitrogens with one attached hydrogen (secondary N) is 1. The van der Waals surface area contributed by atoms with Gasteiger partial charge in [0, 0.05) is 0 Å². The molecule has 1 N–H and O–H groups in total. The van der Waals surface area contributed by atoms with Crippen LogP contribution < -0.4 is 5.32 Å². The summed E-state index contributed by atoms with van der Waals surface area (Å²) in [6, 6.07) is 0. The minimum atomic E-state index is -0.855. The van der Waals surface area contributed by atoms with Gasteiger partial charge in [-0.25, -0.2) is 4.79 Å². The number of carbonyl (C=O) groups is 2. The van der Waals surface area contributed by atoms with Crippen molar-refractivity contribution in [3.05, 3.63) is 0 Å². The van der Waals surface area contributed by atoms with E-state index in [1.54, 1.807) is 27.7 Å². The number of aldehydes is 1. The van der Waals surface area contributed by atoms with Crippen molar-refractivity contribution in [3.63, 3.8) is 0 Å². The van der Waals surface area contributed by atoms with Crippen LogP contribution in [0.5, 0.6) is 0 Å². The number of hydrogen-bond acceptors (Lipinski definition) is 3. The van der Waals surface area contributed by atoms with Crippen LogP contribution in [0.15, 0.2) is 0 Å². The lowest BCUT2D eigenvalue weighted by atomic mass is 10.1. The van der Waals surface area contributed by atoms with E-state index in [0.717, 1.165) is 0 Å². The highest BCUT2D eigenvalue weighted by Crippen LogP contribution is 1.98. The average Bonchev–Trinajstić information content (AvgIpc) is 1.84. The molecule has 0 aromatic carbocycles. The molecule has 0 aliphatic heterocycles. The zero-order chi connectivity index (χ0) is 9.78. The lowest BCUT2D eigenvalue weighted by Crippen LogP contribution is -2.45. The molecule has 4 heteroatoms. The quantitative estimate of drug-likeness (QED) is 0.650. The molecule has 0 saturated carbocycles. The maximum absolute atomic E-state index is 10.9. The van der Waals surface area contributed by atoms with E-state index < -0.39 is 11.6 Å². The third kappa shape index (κ3) is 4.71. The molecule has 0 saturated heterocycles. The maximum atomic E-state index is 10.9. The molecule has 0 bridgehead atoms. The van der Waals surface area contributed by atoms with Crippen LogP contribution in [0, 0.1) is 0 Å². The van der Waals surface area contributed by atoms with Gasteiger partial charge < -0.3 is 14.8 Å². The van der Waals surface area contributed by atoms with Crippen molar-refractivity contribution in [2.75, 3.05) is 0 Å². The molecule has 4 nitrogen and oxygen atoms in total. The molecule has 1 amide bonds.